The Hall–Kier alpha value is -0.820. The Morgan fingerprint density at radius 3 is 2.47 bits per heavy atom. The molecule has 0 aliphatic heterocycles. The third-order valence-electron chi connectivity index (χ3n) is 4.21. The van der Waals surface area contributed by atoms with Gasteiger partial charge in [0, 0.05) is 0 Å². The van der Waals surface area contributed by atoms with E-state index in [1.807, 2.05) is 6.92 Å². The van der Waals surface area contributed by atoms with Gasteiger partial charge in [0.1, 0.15) is 0 Å². The van der Waals surface area contributed by atoms with E-state index in [2.05, 4.69) is 30.3 Å². The van der Waals surface area contributed by atoms with Crippen molar-refractivity contribution in [3.8, 4) is 0 Å². The van der Waals surface area contributed by atoms with E-state index in [4.69, 9.17) is 0 Å². The van der Waals surface area contributed by atoms with Gasteiger partial charge in [-0.2, -0.15) is 0 Å². The minimum absolute atomic E-state index is 0.434. The van der Waals surface area contributed by atoms with E-state index in [0.717, 1.165) is 12.8 Å². The highest BCUT2D eigenvalue weighted by Gasteiger charge is 2.58. The zero-order chi connectivity index (χ0) is 10.5. The molecule has 1 nitrogen and oxygen atoms in total. The third-order valence-corrected chi connectivity index (χ3v) is 4.21. The minimum atomic E-state index is -0.434. The molecule has 0 radical (unpaired) electrons. The van der Waals surface area contributed by atoms with Gasteiger partial charge in [0.05, 0.1) is 5.60 Å². The highest BCUT2D eigenvalue weighted by molar-refractivity contribution is 5.28. The molecule has 0 amide bonds. The van der Waals surface area contributed by atoms with Crippen molar-refractivity contribution in [3.05, 3.63) is 35.9 Å². The molecule has 2 aliphatic carbocycles. The first-order valence-corrected chi connectivity index (χ1v) is 5.89. The van der Waals surface area contributed by atoms with E-state index in [1.54, 1.807) is 0 Å². The van der Waals surface area contributed by atoms with E-state index < -0.39 is 5.60 Å². The number of rotatable bonds is 1. The van der Waals surface area contributed by atoms with Gasteiger partial charge in [-0.3, -0.25) is 0 Å². The molecule has 1 N–H and O–H groups in total. The van der Waals surface area contributed by atoms with Crippen LogP contribution in [0.25, 0.3) is 0 Å². The third kappa shape index (κ3) is 1.50. The van der Waals surface area contributed by atoms with Crippen LogP contribution in [-0.2, 0) is 0 Å². The maximum absolute atomic E-state index is 10.2. The Balaban J connectivity index is 1.94. The highest BCUT2D eigenvalue weighted by atomic mass is 16.3. The molecule has 15 heavy (non-hydrogen) atoms. The molecule has 0 heterocycles. The van der Waals surface area contributed by atoms with Crippen molar-refractivity contribution in [2.24, 2.45) is 5.41 Å². The van der Waals surface area contributed by atoms with Crippen LogP contribution >= 0.6 is 0 Å². The molecule has 2 aliphatic rings. The van der Waals surface area contributed by atoms with Crippen LogP contribution in [0.4, 0.5) is 0 Å². The molecule has 3 rings (SSSR count). The number of aliphatic hydroxyl groups is 1. The zero-order valence-electron chi connectivity index (χ0n) is 9.24. The Labute approximate surface area is 91.1 Å². The van der Waals surface area contributed by atoms with E-state index in [0.29, 0.717) is 11.3 Å². The van der Waals surface area contributed by atoms with E-state index in [1.165, 1.54) is 18.4 Å². The van der Waals surface area contributed by atoms with Gasteiger partial charge in [0.15, 0.2) is 0 Å². The van der Waals surface area contributed by atoms with E-state index in [9.17, 15) is 5.11 Å². The molecular formula is C14H18O. The van der Waals surface area contributed by atoms with Crippen molar-refractivity contribution < 1.29 is 5.11 Å². The molecule has 2 saturated carbocycles. The van der Waals surface area contributed by atoms with Crippen molar-refractivity contribution in [3.63, 3.8) is 0 Å². The van der Waals surface area contributed by atoms with Gasteiger partial charge in [-0.15, -0.1) is 0 Å². The summed E-state index contributed by atoms with van der Waals surface area (Å²) in [5.74, 6) is 0.591. The second kappa shape index (κ2) is 2.85. The van der Waals surface area contributed by atoms with Crippen LogP contribution in [-0.4, -0.2) is 10.7 Å². The summed E-state index contributed by atoms with van der Waals surface area (Å²) in [7, 11) is 0. The SMILES string of the molecule is C[C@]1(O)C[C@@H](c2ccccc2)C2(CC2)C1. The summed E-state index contributed by atoms with van der Waals surface area (Å²) in [4.78, 5) is 0. The van der Waals surface area contributed by atoms with Gasteiger partial charge in [-0.05, 0) is 49.5 Å². The fourth-order valence-corrected chi connectivity index (χ4v) is 3.45. The number of hydrogen-bond donors (Lipinski definition) is 1. The summed E-state index contributed by atoms with van der Waals surface area (Å²) >= 11 is 0. The largest absolute Gasteiger partial charge is 0.390 e. The van der Waals surface area contributed by atoms with Gasteiger partial charge in [0.25, 0.3) is 0 Å². The van der Waals surface area contributed by atoms with Crippen LogP contribution in [0.15, 0.2) is 30.3 Å². The first-order chi connectivity index (χ1) is 7.11. The Bertz CT molecular complexity index is 362. The van der Waals surface area contributed by atoms with E-state index >= 15 is 0 Å². The quantitative estimate of drug-likeness (QED) is 0.742. The smallest absolute Gasteiger partial charge is 0.0631 e. The maximum Gasteiger partial charge on any atom is 0.0631 e. The summed E-state index contributed by atoms with van der Waals surface area (Å²) in [5.41, 5.74) is 1.44. The van der Waals surface area contributed by atoms with Gasteiger partial charge in [-0.25, -0.2) is 0 Å². The predicted octanol–water partition coefficient (Wildman–Crippen LogP) is 3.10. The van der Waals surface area contributed by atoms with Crippen LogP contribution in [0.5, 0.6) is 0 Å². The summed E-state index contributed by atoms with van der Waals surface area (Å²) < 4.78 is 0. The Morgan fingerprint density at radius 1 is 1.20 bits per heavy atom. The average molecular weight is 202 g/mol. The molecule has 0 aromatic heterocycles. The zero-order valence-corrected chi connectivity index (χ0v) is 9.24. The second-order valence-corrected chi connectivity index (χ2v) is 5.70. The molecule has 1 aromatic carbocycles. The molecule has 80 valence electrons. The van der Waals surface area contributed by atoms with Gasteiger partial charge in [0.2, 0.25) is 0 Å². The van der Waals surface area contributed by atoms with Crippen LogP contribution in [0.2, 0.25) is 0 Å². The van der Waals surface area contributed by atoms with Gasteiger partial charge >= 0.3 is 0 Å². The van der Waals surface area contributed by atoms with Crippen LogP contribution in [0, 0.1) is 5.41 Å². The summed E-state index contributed by atoms with van der Waals surface area (Å²) in [6.07, 6.45) is 4.56. The fraction of sp³-hybridized carbons (Fsp3) is 0.571. The summed E-state index contributed by atoms with van der Waals surface area (Å²) in [5, 5.41) is 10.2. The van der Waals surface area contributed by atoms with Gasteiger partial charge < -0.3 is 5.11 Å². The molecule has 2 atom stereocenters. The van der Waals surface area contributed by atoms with Crippen molar-refractivity contribution in [1.82, 2.24) is 0 Å². The first kappa shape index (κ1) is 9.41. The summed E-state index contributed by atoms with van der Waals surface area (Å²) in [6, 6.07) is 10.7. The fourth-order valence-electron chi connectivity index (χ4n) is 3.45. The van der Waals surface area contributed by atoms with E-state index in [-0.39, 0.29) is 0 Å². The lowest BCUT2D eigenvalue weighted by molar-refractivity contribution is 0.0614. The number of hydrogen-bond acceptors (Lipinski definition) is 1. The molecule has 1 spiro atoms. The average Bonchev–Trinajstić information content (AvgIpc) is 2.89. The predicted molar refractivity (Wildman–Crippen MR) is 60.7 cm³/mol. The van der Waals surface area contributed by atoms with Gasteiger partial charge in [-0.1, -0.05) is 30.3 Å². The highest BCUT2D eigenvalue weighted by Crippen LogP contribution is 2.67. The standard InChI is InChI=1S/C14H18O/c1-13(15)9-12(14(10-13)7-8-14)11-5-3-2-4-6-11/h2-6,12,15H,7-10H2,1H3/t12-,13-/m0/s1. The lowest BCUT2D eigenvalue weighted by atomic mass is 9.86. The maximum atomic E-state index is 10.2. The summed E-state index contributed by atoms with van der Waals surface area (Å²) in [6.45, 7) is 2.00. The van der Waals surface area contributed by atoms with Crippen molar-refractivity contribution in [1.29, 1.82) is 0 Å². The van der Waals surface area contributed by atoms with Crippen molar-refractivity contribution in [2.45, 2.75) is 44.1 Å². The van der Waals surface area contributed by atoms with Crippen molar-refractivity contribution in [2.75, 3.05) is 0 Å². The lowest BCUT2D eigenvalue weighted by Gasteiger charge is -2.18. The van der Waals surface area contributed by atoms with Crippen molar-refractivity contribution >= 4 is 0 Å². The first-order valence-electron chi connectivity index (χ1n) is 5.89. The Morgan fingerprint density at radius 2 is 1.87 bits per heavy atom. The van der Waals surface area contributed by atoms with Crippen LogP contribution in [0.3, 0.4) is 0 Å². The Kier molecular flexibility index (Phi) is 1.79. The monoisotopic (exact) mass is 202 g/mol. The molecule has 1 heteroatoms. The second-order valence-electron chi connectivity index (χ2n) is 5.70. The lowest BCUT2D eigenvalue weighted by Crippen LogP contribution is -2.19. The molecule has 2 fully saturated rings. The van der Waals surface area contributed by atoms with Crippen LogP contribution in [0.1, 0.15) is 44.1 Å². The molecule has 0 bridgehead atoms. The van der Waals surface area contributed by atoms with Crippen LogP contribution < -0.4 is 0 Å². The molecule has 0 unspecified atom stereocenters. The minimum Gasteiger partial charge on any atom is -0.390 e. The molecular weight excluding hydrogens is 184 g/mol. The normalized spacial score (nSPS) is 37.1. The molecule has 1 aromatic rings. The topological polar surface area (TPSA) is 20.2 Å². The number of benzene rings is 1. The molecule has 0 saturated heterocycles.